The second kappa shape index (κ2) is 12.9. The van der Waals surface area contributed by atoms with Crippen molar-refractivity contribution < 1.29 is 28.6 Å². The van der Waals surface area contributed by atoms with Crippen LogP contribution in [-0.2, 0) is 36.8 Å². The molecule has 2 unspecified atom stereocenters. The van der Waals surface area contributed by atoms with Gasteiger partial charge in [-0.1, -0.05) is 74.5 Å². The first-order valence-electron chi connectivity index (χ1n) is 11.9. The number of ether oxygens (including phenoxy) is 3. The maximum atomic E-state index is 13.3. The minimum Gasteiger partial charge on any atom is -0.458 e. The van der Waals surface area contributed by atoms with Gasteiger partial charge in [-0.2, -0.15) is 0 Å². The number of likely N-dealkylation sites (N-methyl/N-ethyl adjacent to an activating group) is 1. The molecule has 0 spiro atoms. The Morgan fingerprint density at radius 2 is 1.40 bits per heavy atom. The summed E-state index contributed by atoms with van der Waals surface area (Å²) < 4.78 is 16.6. The van der Waals surface area contributed by atoms with Gasteiger partial charge in [0.25, 0.3) is 0 Å². The molecule has 0 bridgehead atoms. The Kier molecular flexibility index (Phi) is 10.3. The van der Waals surface area contributed by atoms with E-state index in [4.69, 9.17) is 14.2 Å². The monoisotopic (exact) mass is 483 g/mol. The summed E-state index contributed by atoms with van der Waals surface area (Å²) in [5.41, 5.74) is 0.935. The maximum Gasteiger partial charge on any atom is 0.410 e. The van der Waals surface area contributed by atoms with Crippen LogP contribution in [-0.4, -0.2) is 47.7 Å². The number of hydrogen-bond acceptors (Lipinski definition) is 6. The van der Waals surface area contributed by atoms with E-state index in [1.54, 1.807) is 20.8 Å². The van der Waals surface area contributed by atoms with Crippen LogP contribution in [0.4, 0.5) is 4.79 Å². The van der Waals surface area contributed by atoms with Crippen molar-refractivity contribution in [1.82, 2.24) is 4.90 Å². The van der Waals surface area contributed by atoms with Crippen LogP contribution in [0.1, 0.15) is 52.2 Å². The molecule has 7 heteroatoms. The molecule has 7 nitrogen and oxygen atoms in total. The summed E-state index contributed by atoms with van der Waals surface area (Å²) in [4.78, 5) is 40.2. The summed E-state index contributed by atoms with van der Waals surface area (Å²) >= 11 is 0. The molecule has 0 aliphatic heterocycles. The molecule has 0 saturated heterocycles. The zero-order chi connectivity index (χ0) is 26.0. The number of hydrogen-bond donors (Lipinski definition) is 0. The Balaban J connectivity index is 2.20. The Morgan fingerprint density at radius 3 is 1.91 bits per heavy atom. The van der Waals surface area contributed by atoms with E-state index in [1.165, 1.54) is 11.9 Å². The average Bonchev–Trinajstić information content (AvgIpc) is 2.80. The number of rotatable bonds is 10. The molecule has 0 saturated carbocycles. The topological polar surface area (TPSA) is 82.1 Å². The molecule has 1 amide bonds. The fourth-order valence-corrected chi connectivity index (χ4v) is 3.36. The van der Waals surface area contributed by atoms with Crippen molar-refractivity contribution in [3.8, 4) is 0 Å². The Labute approximate surface area is 208 Å². The van der Waals surface area contributed by atoms with Gasteiger partial charge in [-0.25, -0.2) is 14.4 Å². The number of amides is 1. The maximum absolute atomic E-state index is 13.3. The van der Waals surface area contributed by atoms with Gasteiger partial charge in [-0.05, 0) is 44.2 Å². The highest BCUT2D eigenvalue weighted by Gasteiger charge is 2.35. The quantitative estimate of drug-likeness (QED) is 0.343. The van der Waals surface area contributed by atoms with Crippen molar-refractivity contribution in [3.63, 3.8) is 0 Å². The van der Waals surface area contributed by atoms with Crippen molar-refractivity contribution >= 4 is 18.0 Å². The first kappa shape index (κ1) is 27.9. The minimum atomic E-state index is -1.16. The largest absolute Gasteiger partial charge is 0.458 e. The van der Waals surface area contributed by atoms with E-state index in [2.05, 4.69) is 0 Å². The van der Waals surface area contributed by atoms with Crippen LogP contribution in [0.15, 0.2) is 60.7 Å². The molecule has 2 atom stereocenters. The van der Waals surface area contributed by atoms with E-state index in [-0.39, 0.29) is 18.9 Å². The van der Waals surface area contributed by atoms with Gasteiger partial charge < -0.3 is 14.2 Å². The van der Waals surface area contributed by atoms with Crippen molar-refractivity contribution in [2.45, 2.75) is 71.8 Å². The van der Waals surface area contributed by atoms with E-state index >= 15 is 0 Å². The molecule has 0 fully saturated rings. The zero-order valence-electron chi connectivity index (χ0n) is 21.5. The fraction of sp³-hybridized carbons (Fsp3) is 0.464. The second-order valence-electron chi connectivity index (χ2n) is 9.95. The number of carbonyl (C=O) groups excluding carboxylic acids is 3. The number of carbonyl (C=O) groups is 3. The number of nitrogens with zero attached hydrogens (tertiary/aromatic N) is 1. The molecule has 0 aliphatic rings. The molecular formula is C28H37NO6. The van der Waals surface area contributed by atoms with E-state index in [1.807, 2.05) is 74.5 Å². The summed E-state index contributed by atoms with van der Waals surface area (Å²) in [5, 5.41) is 0. The van der Waals surface area contributed by atoms with E-state index < -0.39 is 35.8 Å². The molecule has 0 radical (unpaired) electrons. The third kappa shape index (κ3) is 9.81. The van der Waals surface area contributed by atoms with Gasteiger partial charge in [0.05, 0.1) is 0 Å². The van der Waals surface area contributed by atoms with Crippen molar-refractivity contribution in [2.24, 2.45) is 5.92 Å². The van der Waals surface area contributed by atoms with Gasteiger partial charge >= 0.3 is 18.0 Å². The summed E-state index contributed by atoms with van der Waals surface area (Å²) in [7, 11) is 1.50. The third-order valence-corrected chi connectivity index (χ3v) is 5.12. The number of esters is 2. The third-order valence-electron chi connectivity index (χ3n) is 5.12. The Bertz CT molecular complexity index is 952. The molecule has 0 aliphatic carbocycles. The highest BCUT2D eigenvalue weighted by molar-refractivity contribution is 5.84. The fourth-order valence-electron chi connectivity index (χ4n) is 3.36. The normalized spacial score (nSPS) is 13.0. The molecule has 0 aromatic heterocycles. The minimum absolute atomic E-state index is 0.0652. The molecule has 190 valence electrons. The molecular weight excluding hydrogens is 446 g/mol. The van der Waals surface area contributed by atoms with E-state index in [9.17, 15) is 14.4 Å². The first-order chi connectivity index (χ1) is 16.5. The van der Waals surface area contributed by atoms with Crippen LogP contribution in [0.5, 0.6) is 0 Å². The predicted octanol–water partition coefficient (Wildman–Crippen LogP) is 5.17. The molecule has 35 heavy (non-hydrogen) atoms. The lowest BCUT2D eigenvalue weighted by Gasteiger charge is -2.31. The van der Waals surface area contributed by atoms with Crippen LogP contribution >= 0.6 is 0 Å². The van der Waals surface area contributed by atoms with Gasteiger partial charge in [-0.15, -0.1) is 0 Å². The van der Waals surface area contributed by atoms with Crippen LogP contribution in [0.2, 0.25) is 0 Å². The highest BCUT2D eigenvalue weighted by Crippen LogP contribution is 2.19. The van der Waals surface area contributed by atoms with Gasteiger partial charge in [0, 0.05) is 13.5 Å². The SMILES string of the molecule is CC(C)CC(C(=O)OC(Cc1ccccc1)C(=O)OCc1ccccc1)N(C)C(=O)OC(C)(C)C. The first-order valence-corrected chi connectivity index (χ1v) is 11.9. The standard InChI is InChI=1S/C28H37NO6/c1-20(2)17-23(29(6)27(32)35-28(3,4)5)25(30)34-24(18-21-13-9-7-10-14-21)26(31)33-19-22-15-11-8-12-16-22/h7-16,20,23-24H,17-19H2,1-6H3. The van der Waals surface area contributed by atoms with E-state index in [0.717, 1.165) is 11.1 Å². The molecule has 0 heterocycles. The van der Waals surface area contributed by atoms with Gasteiger partial charge in [-0.3, -0.25) is 4.90 Å². The van der Waals surface area contributed by atoms with Crippen molar-refractivity contribution in [2.75, 3.05) is 7.05 Å². The van der Waals surface area contributed by atoms with Crippen LogP contribution in [0, 0.1) is 5.92 Å². The second-order valence-corrected chi connectivity index (χ2v) is 9.95. The molecule has 2 aromatic carbocycles. The molecule has 2 aromatic rings. The lowest BCUT2D eigenvalue weighted by molar-refractivity contribution is -0.171. The molecule has 2 rings (SSSR count). The summed E-state index contributed by atoms with van der Waals surface area (Å²) in [6.45, 7) is 9.22. The van der Waals surface area contributed by atoms with Crippen LogP contribution < -0.4 is 0 Å². The lowest BCUT2D eigenvalue weighted by Crippen LogP contribution is -2.47. The number of benzene rings is 2. The van der Waals surface area contributed by atoms with Crippen molar-refractivity contribution in [1.29, 1.82) is 0 Å². The zero-order valence-corrected chi connectivity index (χ0v) is 21.5. The molecule has 0 N–H and O–H groups in total. The van der Waals surface area contributed by atoms with Gasteiger partial charge in [0.15, 0.2) is 0 Å². The Hall–Kier alpha value is -3.35. The Morgan fingerprint density at radius 1 is 0.857 bits per heavy atom. The lowest BCUT2D eigenvalue weighted by atomic mass is 10.0. The van der Waals surface area contributed by atoms with Gasteiger partial charge in [0.2, 0.25) is 6.10 Å². The summed E-state index contributed by atoms with van der Waals surface area (Å²) in [5.74, 6) is -1.23. The highest BCUT2D eigenvalue weighted by atomic mass is 16.6. The van der Waals surface area contributed by atoms with Crippen LogP contribution in [0.25, 0.3) is 0 Å². The van der Waals surface area contributed by atoms with Crippen LogP contribution in [0.3, 0.4) is 0 Å². The summed E-state index contributed by atoms with van der Waals surface area (Å²) in [6, 6.07) is 17.6. The van der Waals surface area contributed by atoms with Gasteiger partial charge in [0.1, 0.15) is 18.2 Å². The average molecular weight is 484 g/mol. The van der Waals surface area contributed by atoms with E-state index in [0.29, 0.717) is 6.42 Å². The summed E-state index contributed by atoms with van der Waals surface area (Å²) in [6.07, 6.45) is -1.28. The van der Waals surface area contributed by atoms with Crippen molar-refractivity contribution in [3.05, 3.63) is 71.8 Å². The predicted molar refractivity (Wildman–Crippen MR) is 134 cm³/mol. The smallest absolute Gasteiger partial charge is 0.410 e.